The maximum Gasteiger partial charge on any atom is 0.250 e. The summed E-state index contributed by atoms with van der Waals surface area (Å²) in [6.45, 7) is 0. The number of nitrogens with one attached hydrogen (secondary N) is 1. The third kappa shape index (κ3) is 2.73. The zero-order valence-corrected chi connectivity index (χ0v) is 9.61. The SMILES string of the molecule is NC(=O)c1ccc(Cl)cc1Nc1cccnc1. The van der Waals surface area contributed by atoms with Gasteiger partial charge in [0.1, 0.15) is 0 Å². The van der Waals surface area contributed by atoms with Crippen molar-refractivity contribution in [3.63, 3.8) is 0 Å². The molecule has 1 heterocycles. The van der Waals surface area contributed by atoms with Crippen LogP contribution in [0.1, 0.15) is 10.4 Å². The lowest BCUT2D eigenvalue weighted by atomic mass is 10.1. The summed E-state index contributed by atoms with van der Waals surface area (Å²) in [5, 5.41) is 3.58. The first kappa shape index (κ1) is 11.4. The topological polar surface area (TPSA) is 68.0 Å². The predicted octanol–water partition coefficient (Wildman–Crippen LogP) is 2.58. The van der Waals surface area contributed by atoms with E-state index in [4.69, 9.17) is 17.3 Å². The average molecular weight is 248 g/mol. The Labute approximate surface area is 103 Å². The Kier molecular flexibility index (Phi) is 3.25. The lowest BCUT2D eigenvalue weighted by molar-refractivity contribution is 0.100. The average Bonchev–Trinajstić information content (AvgIpc) is 2.30. The van der Waals surface area contributed by atoms with Gasteiger partial charge in [0.15, 0.2) is 0 Å². The van der Waals surface area contributed by atoms with Crippen LogP contribution in [0.4, 0.5) is 11.4 Å². The molecule has 0 unspecified atom stereocenters. The highest BCUT2D eigenvalue weighted by atomic mass is 35.5. The molecule has 86 valence electrons. The summed E-state index contributed by atoms with van der Waals surface area (Å²) in [5.74, 6) is -0.506. The zero-order valence-electron chi connectivity index (χ0n) is 8.85. The first-order chi connectivity index (χ1) is 8.16. The summed E-state index contributed by atoms with van der Waals surface area (Å²) >= 11 is 5.88. The summed E-state index contributed by atoms with van der Waals surface area (Å²) in [4.78, 5) is 15.2. The van der Waals surface area contributed by atoms with Crippen LogP contribution in [0.15, 0.2) is 42.7 Å². The third-order valence-electron chi connectivity index (χ3n) is 2.19. The van der Waals surface area contributed by atoms with Crippen molar-refractivity contribution in [2.45, 2.75) is 0 Å². The van der Waals surface area contributed by atoms with E-state index in [-0.39, 0.29) is 0 Å². The molecule has 0 saturated carbocycles. The quantitative estimate of drug-likeness (QED) is 0.876. The largest absolute Gasteiger partial charge is 0.366 e. The zero-order chi connectivity index (χ0) is 12.3. The second-order valence-electron chi connectivity index (χ2n) is 3.42. The van der Waals surface area contributed by atoms with E-state index in [9.17, 15) is 4.79 Å². The Morgan fingerprint density at radius 2 is 2.18 bits per heavy atom. The van der Waals surface area contributed by atoms with E-state index < -0.39 is 5.91 Å². The molecule has 1 amide bonds. The first-order valence-corrected chi connectivity index (χ1v) is 5.31. The van der Waals surface area contributed by atoms with Crippen molar-refractivity contribution in [3.05, 3.63) is 53.3 Å². The molecule has 0 bridgehead atoms. The standard InChI is InChI=1S/C12H10ClN3O/c13-8-3-4-10(12(14)17)11(6-8)16-9-2-1-5-15-7-9/h1-7,16H,(H2,14,17). The van der Waals surface area contributed by atoms with Crippen LogP contribution in [-0.2, 0) is 0 Å². The normalized spacial score (nSPS) is 9.94. The Morgan fingerprint density at radius 3 is 2.82 bits per heavy atom. The molecule has 3 N–H and O–H groups in total. The maximum absolute atomic E-state index is 11.2. The molecule has 0 aliphatic heterocycles. The Morgan fingerprint density at radius 1 is 1.35 bits per heavy atom. The number of rotatable bonds is 3. The summed E-state index contributed by atoms with van der Waals surface area (Å²) in [6, 6.07) is 8.48. The van der Waals surface area contributed by atoms with Gasteiger partial charge in [-0.15, -0.1) is 0 Å². The van der Waals surface area contributed by atoms with E-state index in [1.165, 1.54) is 0 Å². The van der Waals surface area contributed by atoms with Gasteiger partial charge in [-0.1, -0.05) is 11.6 Å². The van der Waals surface area contributed by atoms with Crippen LogP contribution >= 0.6 is 11.6 Å². The molecule has 0 aliphatic rings. The highest BCUT2D eigenvalue weighted by Gasteiger charge is 2.08. The van der Waals surface area contributed by atoms with Crippen molar-refractivity contribution < 1.29 is 4.79 Å². The van der Waals surface area contributed by atoms with E-state index in [0.717, 1.165) is 5.69 Å². The highest BCUT2D eigenvalue weighted by molar-refractivity contribution is 6.31. The summed E-state index contributed by atoms with van der Waals surface area (Å²) in [7, 11) is 0. The number of pyridine rings is 1. The molecule has 1 aromatic heterocycles. The van der Waals surface area contributed by atoms with E-state index in [2.05, 4.69) is 10.3 Å². The van der Waals surface area contributed by atoms with Gasteiger partial charge >= 0.3 is 0 Å². The van der Waals surface area contributed by atoms with Crippen LogP contribution in [0, 0.1) is 0 Å². The van der Waals surface area contributed by atoms with Gasteiger partial charge in [-0.3, -0.25) is 9.78 Å². The monoisotopic (exact) mass is 247 g/mol. The molecular formula is C12H10ClN3O. The molecule has 0 atom stereocenters. The van der Waals surface area contributed by atoms with E-state index >= 15 is 0 Å². The number of nitrogens with two attached hydrogens (primary N) is 1. The first-order valence-electron chi connectivity index (χ1n) is 4.93. The molecule has 5 heteroatoms. The number of carbonyl (C=O) groups excluding carboxylic acids is 1. The molecule has 0 saturated heterocycles. The molecule has 17 heavy (non-hydrogen) atoms. The second-order valence-corrected chi connectivity index (χ2v) is 3.86. The van der Waals surface area contributed by atoms with Crippen LogP contribution < -0.4 is 11.1 Å². The minimum Gasteiger partial charge on any atom is -0.366 e. The van der Waals surface area contributed by atoms with Gasteiger partial charge in [-0.2, -0.15) is 0 Å². The molecule has 1 aromatic carbocycles. The number of benzene rings is 1. The van der Waals surface area contributed by atoms with Crippen molar-refractivity contribution >= 4 is 28.9 Å². The van der Waals surface area contributed by atoms with E-state index in [1.54, 1.807) is 36.7 Å². The Hall–Kier alpha value is -2.07. The number of amides is 1. The molecular weight excluding hydrogens is 238 g/mol. The van der Waals surface area contributed by atoms with Gasteiger partial charge in [-0.05, 0) is 30.3 Å². The predicted molar refractivity (Wildman–Crippen MR) is 67.5 cm³/mol. The summed E-state index contributed by atoms with van der Waals surface area (Å²) in [5.41, 5.74) is 7.00. The minimum absolute atomic E-state index is 0.387. The third-order valence-corrected chi connectivity index (χ3v) is 2.42. The smallest absolute Gasteiger partial charge is 0.250 e. The van der Waals surface area contributed by atoms with Gasteiger partial charge in [0.2, 0.25) is 0 Å². The number of anilines is 2. The van der Waals surface area contributed by atoms with Crippen LogP contribution in [0.3, 0.4) is 0 Å². The van der Waals surface area contributed by atoms with Gasteiger partial charge in [0, 0.05) is 11.2 Å². The Bertz CT molecular complexity index is 543. The van der Waals surface area contributed by atoms with Gasteiger partial charge in [0.25, 0.3) is 5.91 Å². The van der Waals surface area contributed by atoms with Crippen molar-refractivity contribution in [2.75, 3.05) is 5.32 Å². The fraction of sp³-hybridized carbons (Fsp3) is 0. The molecule has 2 rings (SSSR count). The summed E-state index contributed by atoms with van der Waals surface area (Å²) < 4.78 is 0. The lowest BCUT2D eigenvalue weighted by Crippen LogP contribution is -2.13. The number of halogens is 1. The van der Waals surface area contributed by atoms with Crippen molar-refractivity contribution in [1.29, 1.82) is 0 Å². The number of hydrogen-bond donors (Lipinski definition) is 2. The number of carbonyl (C=O) groups is 1. The van der Waals surface area contributed by atoms with Crippen molar-refractivity contribution in [3.8, 4) is 0 Å². The van der Waals surface area contributed by atoms with Gasteiger partial charge in [-0.25, -0.2) is 0 Å². The van der Waals surface area contributed by atoms with E-state index in [0.29, 0.717) is 16.3 Å². The lowest BCUT2D eigenvalue weighted by Gasteiger charge is -2.09. The van der Waals surface area contributed by atoms with Crippen LogP contribution in [-0.4, -0.2) is 10.9 Å². The number of hydrogen-bond acceptors (Lipinski definition) is 3. The second kappa shape index (κ2) is 4.84. The van der Waals surface area contributed by atoms with Crippen molar-refractivity contribution in [1.82, 2.24) is 4.98 Å². The Balaban J connectivity index is 2.37. The van der Waals surface area contributed by atoms with Crippen molar-refractivity contribution in [2.24, 2.45) is 5.73 Å². The molecule has 0 radical (unpaired) electrons. The molecule has 0 fully saturated rings. The fourth-order valence-electron chi connectivity index (χ4n) is 1.43. The number of aromatic nitrogens is 1. The van der Waals surface area contributed by atoms with E-state index in [1.807, 2.05) is 6.07 Å². The molecule has 0 spiro atoms. The maximum atomic E-state index is 11.2. The van der Waals surface area contributed by atoms with Crippen LogP contribution in [0.25, 0.3) is 0 Å². The number of nitrogens with zero attached hydrogens (tertiary/aromatic N) is 1. The van der Waals surface area contributed by atoms with Crippen LogP contribution in [0.2, 0.25) is 5.02 Å². The molecule has 0 aliphatic carbocycles. The van der Waals surface area contributed by atoms with Gasteiger partial charge < -0.3 is 11.1 Å². The highest BCUT2D eigenvalue weighted by Crippen LogP contribution is 2.24. The van der Waals surface area contributed by atoms with Gasteiger partial charge in [0.05, 0.1) is 23.1 Å². The number of primary amides is 1. The fourth-order valence-corrected chi connectivity index (χ4v) is 1.60. The van der Waals surface area contributed by atoms with Crippen LogP contribution in [0.5, 0.6) is 0 Å². The molecule has 2 aromatic rings. The summed E-state index contributed by atoms with van der Waals surface area (Å²) in [6.07, 6.45) is 3.31. The minimum atomic E-state index is -0.506. The molecule has 4 nitrogen and oxygen atoms in total.